The number of morpholine rings is 1. The third-order valence-corrected chi connectivity index (χ3v) is 5.79. The van der Waals surface area contributed by atoms with Gasteiger partial charge in [0.2, 0.25) is 5.91 Å². The van der Waals surface area contributed by atoms with E-state index in [0.29, 0.717) is 0 Å². The van der Waals surface area contributed by atoms with Crippen LogP contribution < -0.4 is 15.5 Å². The molecule has 1 amide bonds. The van der Waals surface area contributed by atoms with Crippen molar-refractivity contribution < 1.29 is 9.53 Å². The van der Waals surface area contributed by atoms with Crippen molar-refractivity contribution in [2.75, 3.05) is 49.6 Å². The van der Waals surface area contributed by atoms with Crippen molar-refractivity contribution in [3.05, 3.63) is 29.6 Å². The molecule has 2 aromatic rings. The second-order valence-electron chi connectivity index (χ2n) is 6.72. The Morgan fingerprint density at radius 1 is 1.27 bits per heavy atom. The van der Waals surface area contributed by atoms with Crippen LogP contribution in [0.4, 0.5) is 10.8 Å². The Morgan fingerprint density at radius 3 is 2.81 bits per heavy atom. The number of ether oxygens (including phenoxy) is 1. The lowest BCUT2D eigenvalue weighted by Gasteiger charge is -2.26. The molecule has 26 heavy (non-hydrogen) atoms. The van der Waals surface area contributed by atoms with Crippen molar-refractivity contribution in [2.45, 2.75) is 12.8 Å². The van der Waals surface area contributed by atoms with Crippen LogP contribution in [0.25, 0.3) is 11.3 Å². The van der Waals surface area contributed by atoms with Gasteiger partial charge in [0.05, 0.1) is 24.8 Å². The fraction of sp³-hybridized carbons (Fsp3) is 0.474. The molecule has 0 aliphatic carbocycles. The number of hydrogen-bond acceptors (Lipinski definition) is 6. The largest absolute Gasteiger partial charge is 0.378 e. The van der Waals surface area contributed by atoms with Crippen LogP contribution >= 0.6 is 11.3 Å². The first-order chi connectivity index (χ1) is 12.8. The number of thiazole rings is 1. The van der Waals surface area contributed by atoms with Gasteiger partial charge in [-0.1, -0.05) is 12.1 Å². The maximum atomic E-state index is 12.3. The minimum absolute atomic E-state index is 0.0676. The quantitative estimate of drug-likeness (QED) is 0.864. The molecule has 1 aromatic heterocycles. The summed E-state index contributed by atoms with van der Waals surface area (Å²) in [5.74, 6) is 0.172. The van der Waals surface area contributed by atoms with Crippen LogP contribution in [0, 0.1) is 5.92 Å². The summed E-state index contributed by atoms with van der Waals surface area (Å²) in [6.07, 6.45) is 2.02. The van der Waals surface area contributed by atoms with Crippen molar-refractivity contribution in [1.82, 2.24) is 10.3 Å². The molecular formula is C19H24N4O2S. The molecule has 2 aliphatic heterocycles. The van der Waals surface area contributed by atoms with Gasteiger partial charge in [-0.25, -0.2) is 4.98 Å². The highest BCUT2D eigenvalue weighted by Gasteiger charge is 2.21. The smallest absolute Gasteiger partial charge is 0.228 e. The van der Waals surface area contributed by atoms with Crippen LogP contribution in [-0.2, 0) is 9.53 Å². The van der Waals surface area contributed by atoms with Crippen molar-refractivity contribution in [1.29, 1.82) is 0 Å². The molecular weight excluding hydrogens is 348 g/mol. The third-order valence-electron chi connectivity index (χ3n) is 4.89. The third kappa shape index (κ3) is 4.06. The Kier molecular flexibility index (Phi) is 5.48. The molecule has 0 radical (unpaired) electrons. The van der Waals surface area contributed by atoms with Crippen molar-refractivity contribution >= 4 is 28.1 Å². The number of carbonyl (C=O) groups excluding carboxylic acids is 1. The van der Waals surface area contributed by atoms with Gasteiger partial charge in [0.1, 0.15) is 0 Å². The maximum Gasteiger partial charge on any atom is 0.228 e. The van der Waals surface area contributed by atoms with Gasteiger partial charge in [-0.3, -0.25) is 4.79 Å². The minimum Gasteiger partial charge on any atom is -0.378 e. The zero-order valence-electron chi connectivity index (χ0n) is 14.7. The van der Waals surface area contributed by atoms with Crippen LogP contribution in [0.3, 0.4) is 0 Å². The Bertz CT molecular complexity index is 734. The van der Waals surface area contributed by atoms with Gasteiger partial charge in [0.15, 0.2) is 5.13 Å². The molecule has 138 valence electrons. The number of nitrogens with one attached hydrogen (secondary N) is 2. The number of hydrogen-bond donors (Lipinski definition) is 2. The first-order valence-electron chi connectivity index (χ1n) is 9.20. The lowest BCUT2D eigenvalue weighted by atomic mass is 9.99. The van der Waals surface area contributed by atoms with Gasteiger partial charge in [-0.15, -0.1) is 11.3 Å². The highest BCUT2D eigenvalue weighted by Crippen LogP contribution is 2.28. The summed E-state index contributed by atoms with van der Waals surface area (Å²) in [6, 6.07) is 7.95. The molecule has 4 rings (SSSR count). The zero-order valence-corrected chi connectivity index (χ0v) is 15.6. The van der Waals surface area contributed by atoms with Crippen molar-refractivity contribution in [3.63, 3.8) is 0 Å². The lowest BCUT2D eigenvalue weighted by molar-refractivity contribution is -0.120. The first kappa shape index (κ1) is 17.5. The van der Waals surface area contributed by atoms with E-state index in [1.165, 1.54) is 0 Å². The van der Waals surface area contributed by atoms with Gasteiger partial charge >= 0.3 is 0 Å². The number of amides is 1. The summed E-state index contributed by atoms with van der Waals surface area (Å²) >= 11 is 1.67. The Hall–Kier alpha value is -1.96. The monoisotopic (exact) mass is 372 g/mol. The Labute approximate surface area is 157 Å². The van der Waals surface area contributed by atoms with Gasteiger partial charge < -0.3 is 20.3 Å². The van der Waals surface area contributed by atoms with Gasteiger partial charge in [0, 0.05) is 36.3 Å². The molecule has 1 atom stereocenters. The van der Waals surface area contributed by atoms with Gasteiger partial charge in [0.25, 0.3) is 0 Å². The van der Waals surface area contributed by atoms with Gasteiger partial charge in [-0.2, -0.15) is 0 Å². The number of benzene rings is 1. The van der Waals surface area contributed by atoms with E-state index < -0.39 is 0 Å². The van der Waals surface area contributed by atoms with Crippen LogP contribution in [0.1, 0.15) is 12.8 Å². The minimum atomic E-state index is 0.0676. The van der Waals surface area contributed by atoms with Crippen molar-refractivity contribution in [3.8, 4) is 11.3 Å². The van der Waals surface area contributed by atoms with E-state index in [1.807, 2.05) is 24.3 Å². The van der Waals surface area contributed by atoms with Crippen LogP contribution in [0.2, 0.25) is 0 Å². The molecule has 1 unspecified atom stereocenters. The SMILES string of the molecule is O=C(Nc1ccc(-c2csc(N3CCOCC3)n2)cc1)C1CCCNC1. The summed E-state index contributed by atoms with van der Waals surface area (Å²) in [7, 11) is 0. The topological polar surface area (TPSA) is 66.5 Å². The van der Waals surface area contributed by atoms with Crippen LogP contribution in [-0.4, -0.2) is 50.3 Å². The summed E-state index contributed by atoms with van der Waals surface area (Å²) in [4.78, 5) is 19.4. The van der Waals surface area contributed by atoms with E-state index in [0.717, 1.165) is 74.3 Å². The molecule has 0 saturated carbocycles. The van der Waals surface area contributed by atoms with E-state index in [-0.39, 0.29) is 11.8 Å². The van der Waals surface area contributed by atoms with E-state index in [4.69, 9.17) is 9.72 Å². The molecule has 7 heteroatoms. The molecule has 2 fully saturated rings. The molecule has 2 saturated heterocycles. The molecule has 0 spiro atoms. The van der Waals surface area contributed by atoms with Crippen molar-refractivity contribution in [2.24, 2.45) is 5.92 Å². The molecule has 1 aromatic carbocycles. The second-order valence-corrected chi connectivity index (χ2v) is 7.56. The second kappa shape index (κ2) is 8.16. The Morgan fingerprint density at radius 2 is 2.08 bits per heavy atom. The summed E-state index contributed by atoms with van der Waals surface area (Å²) in [6.45, 7) is 5.10. The summed E-state index contributed by atoms with van der Waals surface area (Å²) in [5.41, 5.74) is 2.89. The fourth-order valence-corrected chi connectivity index (χ4v) is 4.23. The van der Waals surface area contributed by atoms with Gasteiger partial charge in [-0.05, 0) is 31.5 Å². The number of nitrogens with zero attached hydrogens (tertiary/aromatic N) is 2. The fourth-order valence-electron chi connectivity index (χ4n) is 3.34. The van der Waals surface area contributed by atoms with E-state index in [1.54, 1.807) is 11.3 Å². The number of carbonyl (C=O) groups is 1. The average Bonchev–Trinajstić information content (AvgIpc) is 3.20. The number of aromatic nitrogens is 1. The first-order valence-corrected chi connectivity index (χ1v) is 10.1. The van der Waals surface area contributed by atoms with E-state index >= 15 is 0 Å². The summed E-state index contributed by atoms with van der Waals surface area (Å²) in [5, 5.41) is 9.45. The number of rotatable bonds is 4. The molecule has 2 N–H and O–H groups in total. The standard InChI is InChI=1S/C19H24N4O2S/c24-18(15-2-1-7-20-12-15)21-16-5-3-14(4-6-16)17-13-26-19(22-17)23-8-10-25-11-9-23/h3-6,13,15,20H,1-2,7-12H2,(H,21,24). The lowest BCUT2D eigenvalue weighted by Crippen LogP contribution is -2.37. The highest BCUT2D eigenvalue weighted by molar-refractivity contribution is 7.14. The summed E-state index contributed by atoms with van der Waals surface area (Å²) < 4.78 is 5.40. The predicted octanol–water partition coefficient (Wildman–Crippen LogP) is 2.58. The number of piperidine rings is 1. The van der Waals surface area contributed by atoms with E-state index in [2.05, 4.69) is 20.9 Å². The normalized spacial score (nSPS) is 20.8. The molecule has 0 bridgehead atoms. The molecule has 6 nitrogen and oxygen atoms in total. The Balaban J connectivity index is 1.39. The number of anilines is 2. The highest BCUT2D eigenvalue weighted by atomic mass is 32.1. The average molecular weight is 372 g/mol. The predicted molar refractivity (Wildman–Crippen MR) is 105 cm³/mol. The zero-order chi connectivity index (χ0) is 17.8. The van der Waals surface area contributed by atoms with E-state index in [9.17, 15) is 4.79 Å². The van der Waals surface area contributed by atoms with Crippen LogP contribution in [0.5, 0.6) is 0 Å². The van der Waals surface area contributed by atoms with Crippen LogP contribution in [0.15, 0.2) is 29.6 Å². The molecule has 2 aliphatic rings. The maximum absolute atomic E-state index is 12.3. The molecule has 3 heterocycles.